The lowest BCUT2D eigenvalue weighted by atomic mass is 10.1. The van der Waals surface area contributed by atoms with E-state index in [2.05, 4.69) is 20.9 Å². The summed E-state index contributed by atoms with van der Waals surface area (Å²) in [6, 6.07) is 14.3. The first-order valence-corrected chi connectivity index (χ1v) is 15.6. The summed E-state index contributed by atoms with van der Waals surface area (Å²) in [6.07, 6.45) is 0.946. The van der Waals surface area contributed by atoms with E-state index < -0.39 is 46.5 Å². The Morgan fingerprint density at radius 3 is 2.12 bits per heavy atom. The molecule has 49 heavy (non-hydrogen) atoms. The van der Waals surface area contributed by atoms with Crippen molar-refractivity contribution in [3.63, 3.8) is 0 Å². The number of hydrogen-bond donors (Lipinski definition) is 3. The van der Waals surface area contributed by atoms with Crippen LogP contribution in [0.4, 0.5) is 25.0 Å². The Kier molecular flexibility index (Phi) is 9.93. The predicted octanol–water partition coefficient (Wildman–Crippen LogP) is 7.07. The number of anilines is 2. The SMILES string of the molecule is COc1cc2c(Oc3ccc(NC(=O)[C@H]4[C@@H](C(=O)Nc5ccc(F)cc5)C4(C)C)cc3F)ccnc2cc1OCCNC(=O)OC(C)(C)C. The molecule has 1 saturated carbocycles. The lowest BCUT2D eigenvalue weighted by Gasteiger charge is -2.19. The summed E-state index contributed by atoms with van der Waals surface area (Å²) < 4.78 is 51.0. The second kappa shape index (κ2) is 14.0. The summed E-state index contributed by atoms with van der Waals surface area (Å²) in [5.74, 6) is -2.27. The second-order valence-electron chi connectivity index (χ2n) is 13.1. The van der Waals surface area contributed by atoms with Gasteiger partial charge in [0.05, 0.1) is 31.0 Å². The maximum Gasteiger partial charge on any atom is 0.407 e. The van der Waals surface area contributed by atoms with Crippen molar-refractivity contribution in [2.24, 2.45) is 17.3 Å². The Morgan fingerprint density at radius 1 is 0.837 bits per heavy atom. The number of ether oxygens (including phenoxy) is 4. The summed E-state index contributed by atoms with van der Waals surface area (Å²) >= 11 is 0. The Hall–Kier alpha value is -5.46. The van der Waals surface area contributed by atoms with Gasteiger partial charge in [-0.25, -0.2) is 13.6 Å². The third-order valence-corrected chi connectivity index (χ3v) is 7.94. The first-order valence-electron chi connectivity index (χ1n) is 15.6. The van der Waals surface area contributed by atoms with Crippen LogP contribution in [0.15, 0.2) is 66.9 Å². The van der Waals surface area contributed by atoms with E-state index in [0.29, 0.717) is 33.8 Å². The highest BCUT2D eigenvalue weighted by Gasteiger charge is 2.65. The van der Waals surface area contributed by atoms with Crippen molar-refractivity contribution in [3.8, 4) is 23.0 Å². The summed E-state index contributed by atoms with van der Waals surface area (Å²) in [5, 5.41) is 8.57. The molecule has 5 rings (SSSR count). The number of nitrogens with zero attached hydrogens (tertiary/aromatic N) is 1. The van der Waals surface area contributed by atoms with Gasteiger partial charge in [-0.15, -0.1) is 0 Å². The highest BCUT2D eigenvalue weighted by Crippen LogP contribution is 2.59. The van der Waals surface area contributed by atoms with Crippen LogP contribution >= 0.6 is 0 Å². The van der Waals surface area contributed by atoms with Gasteiger partial charge in [0, 0.05) is 35.1 Å². The van der Waals surface area contributed by atoms with Crippen LogP contribution in [0, 0.1) is 28.9 Å². The molecule has 11 nitrogen and oxygen atoms in total. The topological polar surface area (TPSA) is 137 Å². The van der Waals surface area contributed by atoms with Gasteiger partial charge in [-0.1, -0.05) is 13.8 Å². The normalized spacial score (nSPS) is 16.3. The van der Waals surface area contributed by atoms with E-state index in [1.165, 1.54) is 49.7 Å². The molecule has 4 aromatic rings. The number of nitrogens with one attached hydrogen (secondary N) is 3. The Balaban J connectivity index is 1.22. The summed E-state index contributed by atoms with van der Waals surface area (Å²) in [7, 11) is 1.47. The van der Waals surface area contributed by atoms with Gasteiger partial charge in [-0.2, -0.15) is 0 Å². The number of carbonyl (C=O) groups is 3. The first kappa shape index (κ1) is 34.9. The average Bonchev–Trinajstić information content (AvgIpc) is 3.62. The van der Waals surface area contributed by atoms with E-state index in [1.807, 2.05) is 0 Å². The minimum absolute atomic E-state index is 0.0960. The number of halogens is 2. The van der Waals surface area contributed by atoms with E-state index in [4.69, 9.17) is 18.9 Å². The quantitative estimate of drug-likeness (QED) is 0.144. The number of pyridine rings is 1. The van der Waals surface area contributed by atoms with Gasteiger partial charge in [0.1, 0.15) is 23.8 Å². The molecule has 0 spiro atoms. The van der Waals surface area contributed by atoms with E-state index in [0.717, 1.165) is 6.07 Å². The Bertz CT molecular complexity index is 1880. The molecule has 1 aliphatic carbocycles. The van der Waals surface area contributed by atoms with E-state index >= 15 is 4.39 Å². The maximum atomic E-state index is 15.3. The first-order chi connectivity index (χ1) is 23.2. The number of alkyl carbamates (subject to hydrolysis) is 1. The number of rotatable bonds is 11. The predicted molar refractivity (Wildman–Crippen MR) is 179 cm³/mol. The molecule has 1 heterocycles. The standard InChI is InChI=1S/C36H38F2N4O7/c1-35(2,3)49-34(45)40-15-16-47-29-19-25-23(18-28(29)46-6)26(13-14-39-25)48-27-12-11-22(17-24(27)38)42-33(44)31-30(36(31,4)5)32(43)41-21-9-7-20(37)8-10-21/h7-14,17-19,30-31H,15-16H2,1-6H3,(H,40,45)(H,41,43)(H,42,44)/t30-,31+/m0/s1. The molecule has 0 radical (unpaired) electrons. The monoisotopic (exact) mass is 676 g/mol. The van der Waals surface area contributed by atoms with Gasteiger partial charge in [0.2, 0.25) is 11.8 Å². The molecule has 2 atom stereocenters. The molecule has 1 fully saturated rings. The second-order valence-corrected chi connectivity index (χ2v) is 13.1. The minimum atomic E-state index is -0.729. The minimum Gasteiger partial charge on any atom is -0.493 e. The van der Waals surface area contributed by atoms with E-state index in [-0.39, 0.29) is 30.5 Å². The number of benzene rings is 3. The van der Waals surface area contributed by atoms with Gasteiger partial charge >= 0.3 is 6.09 Å². The molecule has 0 aliphatic heterocycles. The lowest BCUT2D eigenvalue weighted by molar-refractivity contribution is -0.122. The number of methoxy groups -OCH3 is 1. The van der Waals surface area contributed by atoms with Crippen molar-refractivity contribution in [1.29, 1.82) is 0 Å². The number of hydrogen-bond acceptors (Lipinski definition) is 8. The van der Waals surface area contributed by atoms with Crippen molar-refractivity contribution in [3.05, 3.63) is 78.5 Å². The molecule has 0 saturated heterocycles. The summed E-state index contributed by atoms with van der Waals surface area (Å²) in [4.78, 5) is 42.3. The molecule has 1 aromatic heterocycles. The summed E-state index contributed by atoms with van der Waals surface area (Å²) in [5.41, 5.74) is -0.153. The number of fused-ring (bicyclic) bond motifs is 1. The van der Waals surface area contributed by atoms with Crippen molar-refractivity contribution in [1.82, 2.24) is 10.3 Å². The molecule has 1 aliphatic rings. The van der Waals surface area contributed by atoms with Crippen LogP contribution in [0.5, 0.6) is 23.0 Å². The maximum absolute atomic E-state index is 15.3. The van der Waals surface area contributed by atoms with Crippen LogP contribution in [0.2, 0.25) is 0 Å². The van der Waals surface area contributed by atoms with Gasteiger partial charge in [-0.3, -0.25) is 14.6 Å². The van der Waals surface area contributed by atoms with E-state index in [1.54, 1.807) is 52.8 Å². The summed E-state index contributed by atoms with van der Waals surface area (Å²) in [6.45, 7) is 9.24. The molecule has 3 amide bonds. The smallest absolute Gasteiger partial charge is 0.407 e. The largest absolute Gasteiger partial charge is 0.493 e. The molecule has 0 unspecified atom stereocenters. The van der Waals surface area contributed by atoms with Crippen LogP contribution in [-0.4, -0.2) is 48.8 Å². The molecule has 13 heteroatoms. The lowest BCUT2D eigenvalue weighted by Crippen LogP contribution is -2.34. The molecule has 258 valence electrons. The Morgan fingerprint density at radius 2 is 1.49 bits per heavy atom. The fourth-order valence-electron chi connectivity index (χ4n) is 5.49. The van der Waals surface area contributed by atoms with Crippen molar-refractivity contribution in [2.45, 2.75) is 40.2 Å². The van der Waals surface area contributed by atoms with Crippen LogP contribution in [0.25, 0.3) is 10.9 Å². The van der Waals surface area contributed by atoms with Gasteiger partial charge in [-0.05, 0) is 74.7 Å². The number of carbonyl (C=O) groups excluding carboxylic acids is 3. The zero-order chi connectivity index (χ0) is 35.5. The highest BCUT2D eigenvalue weighted by atomic mass is 19.1. The fraction of sp³-hybridized carbons (Fsp3) is 0.333. The third kappa shape index (κ3) is 8.34. The molecule has 0 bridgehead atoms. The van der Waals surface area contributed by atoms with E-state index in [9.17, 15) is 18.8 Å². The van der Waals surface area contributed by atoms with Gasteiger partial charge in [0.15, 0.2) is 23.1 Å². The third-order valence-electron chi connectivity index (χ3n) is 7.94. The highest BCUT2D eigenvalue weighted by molar-refractivity contribution is 6.04. The van der Waals surface area contributed by atoms with Crippen LogP contribution in [0.3, 0.4) is 0 Å². The zero-order valence-corrected chi connectivity index (χ0v) is 28.0. The van der Waals surface area contributed by atoms with Crippen LogP contribution in [0.1, 0.15) is 34.6 Å². The number of amides is 3. The molecular weight excluding hydrogens is 638 g/mol. The van der Waals surface area contributed by atoms with Crippen molar-refractivity contribution in [2.75, 3.05) is 30.9 Å². The fourth-order valence-corrected chi connectivity index (χ4v) is 5.49. The van der Waals surface area contributed by atoms with Crippen LogP contribution in [-0.2, 0) is 14.3 Å². The van der Waals surface area contributed by atoms with Crippen molar-refractivity contribution >= 4 is 40.2 Å². The van der Waals surface area contributed by atoms with Crippen molar-refractivity contribution < 1.29 is 42.1 Å². The van der Waals surface area contributed by atoms with Crippen LogP contribution < -0.4 is 30.2 Å². The molecule has 3 N–H and O–H groups in total. The number of aromatic nitrogens is 1. The molecule has 3 aromatic carbocycles. The van der Waals surface area contributed by atoms with Gasteiger partial charge in [0.25, 0.3) is 0 Å². The Labute approximate surface area is 282 Å². The average molecular weight is 677 g/mol. The zero-order valence-electron chi connectivity index (χ0n) is 28.0. The molecular formula is C36H38F2N4O7. The van der Waals surface area contributed by atoms with Gasteiger partial charge < -0.3 is 34.9 Å².